The number of carbonyl (C=O) groups is 2. The summed E-state index contributed by atoms with van der Waals surface area (Å²) in [5.74, 6) is -0.495. The molecule has 0 aliphatic rings. The molecule has 0 aliphatic carbocycles. The van der Waals surface area contributed by atoms with E-state index in [1.54, 1.807) is 19.1 Å². The Bertz CT molecular complexity index is 670. The van der Waals surface area contributed by atoms with E-state index in [1.165, 1.54) is 11.6 Å². The molecule has 0 radical (unpaired) electrons. The topological polar surface area (TPSA) is 79.5 Å². The summed E-state index contributed by atoms with van der Waals surface area (Å²) in [4.78, 5) is 23.0. The number of rotatable bonds is 6. The molecule has 0 bridgehead atoms. The molecule has 2 N–H and O–H groups in total. The van der Waals surface area contributed by atoms with Crippen LogP contribution in [0.3, 0.4) is 0 Å². The molecular formula is C17H19NO4. The van der Waals surface area contributed by atoms with Gasteiger partial charge in [0.2, 0.25) is 0 Å². The Morgan fingerprint density at radius 2 is 1.91 bits per heavy atom. The first kappa shape index (κ1) is 15.8. The molecule has 5 nitrogen and oxygen atoms in total. The lowest BCUT2D eigenvalue weighted by Gasteiger charge is -2.04. The number of carboxylic acids is 1. The van der Waals surface area contributed by atoms with Gasteiger partial charge in [0.05, 0.1) is 6.54 Å². The fraction of sp³-hybridized carbons (Fsp3) is 0.294. The van der Waals surface area contributed by atoms with E-state index in [9.17, 15) is 9.59 Å². The van der Waals surface area contributed by atoms with Crippen molar-refractivity contribution in [3.05, 3.63) is 58.5 Å². The van der Waals surface area contributed by atoms with Gasteiger partial charge in [0.25, 0.3) is 5.91 Å². The first-order chi connectivity index (χ1) is 10.5. The standard InChI is InChI=1S/C17H19NO4/c1-3-4-12-5-7-13(8-6-12)16(19)18-10-14-9-15(17(20)21)11(2)22-14/h5-9H,3-4,10H2,1-2H3,(H,18,19)(H,20,21). The molecule has 1 aromatic heterocycles. The molecule has 1 heterocycles. The van der Waals surface area contributed by atoms with Gasteiger partial charge in [0, 0.05) is 5.56 Å². The van der Waals surface area contributed by atoms with Crippen molar-refractivity contribution in [2.45, 2.75) is 33.2 Å². The van der Waals surface area contributed by atoms with Crippen LogP contribution >= 0.6 is 0 Å². The second-order valence-electron chi connectivity index (χ2n) is 5.12. The number of hydrogen-bond donors (Lipinski definition) is 2. The number of aryl methyl sites for hydroxylation is 2. The van der Waals surface area contributed by atoms with E-state index < -0.39 is 5.97 Å². The molecular weight excluding hydrogens is 282 g/mol. The Labute approximate surface area is 129 Å². The van der Waals surface area contributed by atoms with E-state index in [-0.39, 0.29) is 18.0 Å². The van der Waals surface area contributed by atoms with E-state index in [1.807, 2.05) is 12.1 Å². The molecule has 0 atom stereocenters. The number of nitrogens with one attached hydrogen (secondary N) is 1. The summed E-state index contributed by atoms with van der Waals surface area (Å²) in [6.45, 7) is 3.85. The molecule has 0 saturated carbocycles. The van der Waals surface area contributed by atoms with E-state index in [0.29, 0.717) is 17.1 Å². The molecule has 1 amide bonds. The number of hydrogen-bond acceptors (Lipinski definition) is 3. The van der Waals surface area contributed by atoms with Gasteiger partial charge in [-0.2, -0.15) is 0 Å². The van der Waals surface area contributed by atoms with Gasteiger partial charge in [-0.3, -0.25) is 4.79 Å². The predicted molar refractivity (Wildman–Crippen MR) is 82.0 cm³/mol. The Hall–Kier alpha value is -2.56. The molecule has 2 rings (SSSR count). The van der Waals surface area contributed by atoms with E-state index in [4.69, 9.17) is 9.52 Å². The lowest BCUT2D eigenvalue weighted by atomic mass is 10.1. The van der Waals surface area contributed by atoms with E-state index in [2.05, 4.69) is 12.2 Å². The molecule has 0 unspecified atom stereocenters. The summed E-state index contributed by atoms with van der Waals surface area (Å²) < 4.78 is 5.32. The van der Waals surface area contributed by atoms with Gasteiger partial charge in [0.15, 0.2) is 0 Å². The van der Waals surface area contributed by atoms with Crippen molar-refractivity contribution < 1.29 is 19.1 Å². The van der Waals surface area contributed by atoms with Gasteiger partial charge in [-0.05, 0) is 37.1 Å². The molecule has 22 heavy (non-hydrogen) atoms. The molecule has 116 valence electrons. The second-order valence-corrected chi connectivity index (χ2v) is 5.12. The van der Waals surface area contributed by atoms with Crippen molar-refractivity contribution in [3.8, 4) is 0 Å². The molecule has 1 aromatic carbocycles. The smallest absolute Gasteiger partial charge is 0.339 e. The molecule has 5 heteroatoms. The van der Waals surface area contributed by atoms with Crippen LogP contribution in [0, 0.1) is 6.92 Å². The van der Waals surface area contributed by atoms with Crippen molar-refractivity contribution >= 4 is 11.9 Å². The first-order valence-electron chi connectivity index (χ1n) is 7.21. The number of aromatic carboxylic acids is 1. The summed E-state index contributed by atoms with van der Waals surface area (Å²) in [7, 11) is 0. The maximum absolute atomic E-state index is 12.0. The Morgan fingerprint density at radius 1 is 1.23 bits per heavy atom. The highest BCUT2D eigenvalue weighted by atomic mass is 16.4. The zero-order valence-electron chi connectivity index (χ0n) is 12.7. The highest BCUT2D eigenvalue weighted by Crippen LogP contribution is 2.14. The van der Waals surface area contributed by atoms with E-state index in [0.717, 1.165) is 12.8 Å². The lowest BCUT2D eigenvalue weighted by Crippen LogP contribution is -2.22. The summed E-state index contributed by atoms with van der Waals surface area (Å²) in [6.07, 6.45) is 2.06. The van der Waals surface area contributed by atoms with Crippen molar-refractivity contribution in [1.29, 1.82) is 0 Å². The summed E-state index contributed by atoms with van der Waals surface area (Å²) >= 11 is 0. The number of carbonyl (C=O) groups excluding carboxylic acids is 1. The third-order valence-corrected chi connectivity index (χ3v) is 3.38. The number of benzene rings is 1. The molecule has 0 spiro atoms. The summed E-state index contributed by atoms with van der Waals surface area (Å²) in [5, 5.41) is 11.7. The van der Waals surface area contributed by atoms with Crippen LogP contribution in [0.15, 0.2) is 34.7 Å². The summed E-state index contributed by atoms with van der Waals surface area (Å²) in [6, 6.07) is 8.89. The van der Waals surface area contributed by atoms with Gasteiger partial charge in [-0.25, -0.2) is 4.79 Å². The highest BCUT2D eigenvalue weighted by molar-refractivity contribution is 5.94. The van der Waals surface area contributed by atoms with Crippen molar-refractivity contribution in [2.75, 3.05) is 0 Å². The minimum atomic E-state index is -1.04. The van der Waals surface area contributed by atoms with Crippen LogP contribution in [0.25, 0.3) is 0 Å². The zero-order valence-corrected chi connectivity index (χ0v) is 12.7. The zero-order chi connectivity index (χ0) is 16.1. The van der Waals surface area contributed by atoms with Gasteiger partial charge >= 0.3 is 5.97 Å². The quantitative estimate of drug-likeness (QED) is 0.859. The van der Waals surface area contributed by atoms with Gasteiger partial charge in [-0.1, -0.05) is 25.5 Å². The van der Waals surface area contributed by atoms with Crippen LogP contribution < -0.4 is 5.32 Å². The predicted octanol–water partition coefficient (Wildman–Crippen LogP) is 3.17. The average molecular weight is 301 g/mol. The minimum Gasteiger partial charge on any atom is -0.478 e. The maximum Gasteiger partial charge on any atom is 0.339 e. The molecule has 0 fully saturated rings. The maximum atomic E-state index is 12.0. The fourth-order valence-corrected chi connectivity index (χ4v) is 2.22. The largest absolute Gasteiger partial charge is 0.478 e. The van der Waals surface area contributed by atoms with E-state index >= 15 is 0 Å². The Morgan fingerprint density at radius 3 is 2.45 bits per heavy atom. The highest BCUT2D eigenvalue weighted by Gasteiger charge is 2.14. The SMILES string of the molecule is CCCc1ccc(C(=O)NCc2cc(C(=O)O)c(C)o2)cc1. The fourth-order valence-electron chi connectivity index (χ4n) is 2.22. The summed E-state index contributed by atoms with van der Waals surface area (Å²) in [5.41, 5.74) is 1.89. The van der Waals surface area contributed by atoms with Crippen molar-refractivity contribution in [3.63, 3.8) is 0 Å². The molecule has 0 aliphatic heterocycles. The number of furan rings is 1. The van der Waals surface area contributed by atoms with Crippen molar-refractivity contribution in [1.82, 2.24) is 5.32 Å². The first-order valence-corrected chi connectivity index (χ1v) is 7.21. The van der Waals surface area contributed by atoms with Crippen LogP contribution in [0.2, 0.25) is 0 Å². The number of carboxylic acid groups (broad SMARTS) is 1. The number of amides is 1. The lowest BCUT2D eigenvalue weighted by molar-refractivity contribution is 0.0694. The molecule has 2 aromatic rings. The van der Waals surface area contributed by atoms with Crippen LogP contribution in [-0.2, 0) is 13.0 Å². The minimum absolute atomic E-state index is 0.119. The Kier molecular flexibility index (Phi) is 4.99. The van der Waals surface area contributed by atoms with Crippen LogP contribution in [0.1, 0.15) is 51.1 Å². The van der Waals surface area contributed by atoms with Gasteiger partial charge in [0.1, 0.15) is 17.1 Å². The average Bonchev–Trinajstić information content (AvgIpc) is 2.87. The monoisotopic (exact) mass is 301 g/mol. The van der Waals surface area contributed by atoms with Crippen LogP contribution in [-0.4, -0.2) is 17.0 Å². The second kappa shape index (κ2) is 6.93. The third kappa shape index (κ3) is 3.75. The van der Waals surface area contributed by atoms with Crippen LogP contribution in [0.4, 0.5) is 0 Å². The van der Waals surface area contributed by atoms with Gasteiger partial charge < -0.3 is 14.8 Å². The Balaban J connectivity index is 1.97. The molecule has 0 saturated heterocycles. The van der Waals surface area contributed by atoms with Gasteiger partial charge in [-0.15, -0.1) is 0 Å². The van der Waals surface area contributed by atoms with Crippen LogP contribution in [0.5, 0.6) is 0 Å². The van der Waals surface area contributed by atoms with Crippen molar-refractivity contribution in [2.24, 2.45) is 0 Å². The normalized spacial score (nSPS) is 10.5. The third-order valence-electron chi connectivity index (χ3n) is 3.38.